The molecule has 0 aliphatic heterocycles. The summed E-state index contributed by atoms with van der Waals surface area (Å²) in [4.78, 5) is 20.1. The zero-order valence-corrected chi connectivity index (χ0v) is 30.4. The number of aliphatic hydroxyl groups excluding tert-OH is 1. The molecule has 8 nitrogen and oxygen atoms in total. The summed E-state index contributed by atoms with van der Waals surface area (Å²) in [6.45, 7) is 6.57. The van der Waals surface area contributed by atoms with Crippen LogP contribution in [-0.2, 0) is 45.6 Å². The third kappa shape index (κ3) is 10.7. The highest BCUT2D eigenvalue weighted by Crippen LogP contribution is 2.27. The molecule has 0 radical (unpaired) electrons. The molecule has 0 saturated carbocycles. The van der Waals surface area contributed by atoms with Crippen LogP contribution in [0.3, 0.4) is 0 Å². The third-order valence-corrected chi connectivity index (χ3v) is 11.1. The summed E-state index contributed by atoms with van der Waals surface area (Å²) in [5, 5.41) is 11.8. The number of pyridine rings is 1. The standard InChI is InChI=1S/C42H47N3O5S/c1-32-24-33(2)42(34(3)25-32)51(48,49)45(31-37-18-11-6-12-19-37)22-23-50-41(47)27-40(46)39(26-38-20-13-21-43-28-38)44(29-35-14-7-4-8-15-35)30-36-16-9-5-10-17-36/h4-21,24-25,28,39-40,46H,22-23,26-27,29-31H2,1-3H3. The average Bonchev–Trinajstić information content (AvgIpc) is 3.11. The molecule has 2 unspecified atom stereocenters. The molecule has 0 spiro atoms. The van der Waals surface area contributed by atoms with Gasteiger partial charge >= 0.3 is 5.97 Å². The molecular weight excluding hydrogens is 659 g/mol. The van der Waals surface area contributed by atoms with Gasteiger partial charge in [-0.05, 0) is 66.6 Å². The molecule has 0 saturated heterocycles. The minimum Gasteiger partial charge on any atom is -0.464 e. The molecule has 5 aromatic rings. The number of carbonyl (C=O) groups excluding carboxylic acids is 1. The first-order chi connectivity index (χ1) is 24.6. The minimum absolute atomic E-state index is 0.0426. The van der Waals surface area contributed by atoms with Crippen LogP contribution < -0.4 is 0 Å². The highest BCUT2D eigenvalue weighted by Gasteiger charge is 2.31. The number of benzene rings is 4. The fraction of sp³-hybridized carbons (Fsp3) is 0.286. The first-order valence-electron chi connectivity index (χ1n) is 17.3. The predicted molar refractivity (Wildman–Crippen MR) is 200 cm³/mol. The van der Waals surface area contributed by atoms with Crippen molar-refractivity contribution in [3.63, 3.8) is 0 Å². The highest BCUT2D eigenvalue weighted by atomic mass is 32.2. The number of aliphatic hydroxyl groups is 1. The quantitative estimate of drug-likeness (QED) is 0.106. The van der Waals surface area contributed by atoms with Gasteiger partial charge in [0.2, 0.25) is 10.0 Å². The smallest absolute Gasteiger partial charge is 0.308 e. The van der Waals surface area contributed by atoms with Gasteiger partial charge in [0.15, 0.2) is 0 Å². The van der Waals surface area contributed by atoms with Crippen LogP contribution in [0.25, 0.3) is 0 Å². The van der Waals surface area contributed by atoms with Gasteiger partial charge in [-0.1, -0.05) is 115 Å². The predicted octanol–water partition coefficient (Wildman–Crippen LogP) is 6.81. The zero-order chi connectivity index (χ0) is 36.2. The Morgan fingerprint density at radius 1 is 0.745 bits per heavy atom. The van der Waals surface area contributed by atoms with Crippen molar-refractivity contribution in [3.8, 4) is 0 Å². The van der Waals surface area contributed by atoms with E-state index in [0.717, 1.165) is 27.8 Å². The largest absolute Gasteiger partial charge is 0.464 e. The molecule has 1 N–H and O–H groups in total. The molecule has 1 aromatic heterocycles. The second kappa shape index (κ2) is 18.0. The maximum Gasteiger partial charge on any atom is 0.308 e. The van der Waals surface area contributed by atoms with E-state index in [0.29, 0.717) is 30.6 Å². The van der Waals surface area contributed by atoms with Crippen molar-refractivity contribution >= 4 is 16.0 Å². The first-order valence-corrected chi connectivity index (χ1v) is 18.7. The Balaban J connectivity index is 1.33. The molecule has 1 heterocycles. The molecule has 51 heavy (non-hydrogen) atoms. The number of rotatable bonds is 17. The van der Waals surface area contributed by atoms with Crippen LogP contribution in [0.4, 0.5) is 0 Å². The Bertz CT molecular complexity index is 1880. The Labute approximate surface area is 302 Å². The fourth-order valence-corrected chi connectivity index (χ4v) is 8.42. The van der Waals surface area contributed by atoms with E-state index in [-0.39, 0.29) is 31.0 Å². The Morgan fingerprint density at radius 3 is 1.76 bits per heavy atom. The summed E-state index contributed by atoms with van der Waals surface area (Å²) in [5.41, 5.74) is 6.24. The maximum absolute atomic E-state index is 14.1. The van der Waals surface area contributed by atoms with Crippen molar-refractivity contribution < 1.29 is 23.1 Å². The van der Waals surface area contributed by atoms with Crippen molar-refractivity contribution in [2.75, 3.05) is 13.2 Å². The summed E-state index contributed by atoms with van der Waals surface area (Å²) >= 11 is 0. The van der Waals surface area contributed by atoms with Gasteiger partial charge < -0.3 is 9.84 Å². The summed E-state index contributed by atoms with van der Waals surface area (Å²) in [6.07, 6.45) is 2.61. The second-order valence-electron chi connectivity index (χ2n) is 13.1. The molecule has 9 heteroatoms. The summed E-state index contributed by atoms with van der Waals surface area (Å²) in [7, 11) is -3.94. The Morgan fingerprint density at radius 2 is 1.25 bits per heavy atom. The molecule has 0 bridgehead atoms. The van der Waals surface area contributed by atoms with Gasteiger partial charge in [0.1, 0.15) is 6.61 Å². The normalized spacial score (nSPS) is 12.9. The number of ether oxygens (including phenoxy) is 1. The van der Waals surface area contributed by atoms with E-state index in [1.165, 1.54) is 4.31 Å². The second-order valence-corrected chi connectivity index (χ2v) is 14.9. The zero-order valence-electron chi connectivity index (χ0n) is 29.6. The van der Waals surface area contributed by atoms with E-state index in [4.69, 9.17) is 4.74 Å². The number of aryl methyl sites for hydroxylation is 3. The van der Waals surface area contributed by atoms with Gasteiger partial charge in [-0.3, -0.25) is 14.7 Å². The summed E-state index contributed by atoms with van der Waals surface area (Å²) in [6, 6.07) is 36.6. The van der Waals surface area contributed by atoms with Gasteiger partial charge in [0.25, 0.3) is 0 Å². The van der Waals surface area contributed by atoms with Crippen LogP contribution in [0, 0.1) is 20.8 Å². The van der Waals surface area contributed by atoms with E-state index >= 15 is 0 Å². The van der Waals surface area contributed by atoms with Crippen molar-refractivity contribution in [1.29, 1.82) is 0 Å². The van der Waals surface area contributed by atoms with E-state index in [1.54, 1.807) is 26.2 Å². The number of hydrogen-bond donors (Lipinski definition) is 1. The number of esters is 1. The summed E-state index contributed by atoms with van der Waals surface area (Å²) < 4.78 is 35.3. The van der Waals surface area contributed by atoms with Crippen LogP contribution in [0.2, 0.25) is 0 Å². The third-order valence-electron chi connectivity index (χ3n) is 8.92. The number of sulfonamides is 1. The molecule has 5 rings (SSSR count). The van der Waals surface area contributed by atoms with Crippen molar-refractivity contribution in [1.82, 2.24) is 14.2 Å². The highest BCUT2D eigenvalue weighted by molar-refractivity contribution is 7.89. The van der Waals surface area contributed by atoms with Crippen LogP contribution in [0.5, 0.6) is 0 Å². The van der Waals surface area contributed by atoms with Crippen LogP contribution in [-0.4, -0.2) is 59.0 Å². The van der Waals surface area contributed by atoms with Crippen molar-refractivity contribution in [3.05, 3.63) is 167 Å². The Hall–Kier alpha value is -4.67. The minimum atomic E-state index is -3.94. The maximum atomic E-state index is 14.1. The van der Waals surface area contributed by atoms with Crippen LogP contribution >= 0.6 is 0 Å². The molecule has 4 aromatic carbocycles. The van der Waals surface area contributed by atoms with Gasteiger partial charge in [0.05, 0.1) is 17.4 Å². The van der Waals surface area contributed by atoms with Crippen molar-refractivity contribution in [2.24, 2.45) is 0 Å². The number of aromatic nitrogens is 1. The van der Waals surface area contributed by atoms with Gasteiger partial charge in [-0.2, -0.15) is 4.31 Å². The SMILES string of the molecule is Cc1cc(C)c(S(=O)(=O)N(CCOC(=O)CC(O)C(Cc2cccnc2)N(Cc2ccccc2)Cc2ccccc2)Cc2ccccc2)c(C)c1. The molecule has 2 atom stereocenters. The molecule has 0 aliphatic carbocycles. The number of nitrogens with zero attached hydrogens (tertiary/aromatic N) is 3. The van der Waals surface area contributed by atoms with Crippen LogP contribution in [0.15, 0.2) is 133 Å². The number of hydrogen-bond acceptors (Lipinski definition) is 7. The summed E-state index contributed by atoms with van der Waals surface area (Å²) in [5.74, 6) is -0.599. The van der Waals surface area contributed by atoms with Crippen LogP contribution in [0.1, 0.15) is 45.4 Å². The lowest BCUT2D eigenvalue weighted by molar-refractivity contribution is -0.147. The van der Waals surface area contributed by atoms with Gasteiger partial charge in [0, 0.05) is 44.6 Å². The van der Waals surface area contributed by atoms with Crippen molar-refractivity contribution in [2.45, 2.75) is 70.3 Å². The molecule has 0 fully saturated rings. The average molecular weight is 706 g/mol. The lowest BCUT2D eigenvalue weighted by Crippen LogP contribution is -2.45. The van der Waals surface area contributed by atoms with E-state index in [9.17, 15) is 18.3 Å². The van der Waals surface area contributed by atoms with E-state index < -0.39 is 28.1 Å². The van der Waals surface area contributed by atoms with Gasteiger partial charge in [-0.25, -0.2) is 8.42 Å². The fourth-order valence-electron chi connectivity index (χ4n) is 6.60. The van der Waals surface area contributed by atoms with E-state index in [1.807, 2.05) is 97.9 Å². The monoisotopic (exact) mass is 705 g/mol. The molecule has 266 valence electrons. The lowest BCUT2D eigenvalue weighted by atomic mass is 9.97. The number of carbonyl (C=O) groups is 1. The molecular formula is C42H47N3O5S. The molecule has 0 amide bonds. The lowest BCUT2D eigenvalue weighted by Gasteiger charge is -2.35. The first kappa shape index (κ1) is 37.6. The molecule has 0 aliphatic rings. The Kier molecular flexibility index (Phi) is 13.3. The topological polar surface area (TPSA) is 100 Å². The van der Waals surface area contributed by atoms with Gasteiger partial charge in [-0.15, -0.1) is 0 Å². The van der Waals surface area contributed by atoms with E-state index in [2.05, 4.69) is 34.1 Å².